The molecule has 0 spiro atoms. The molecule has 0 aromatic heterocycles. The van der Waals surface area contributed by atoms with Gasteiger partial charge in [0.2, 0.25) is 5.91 Å². The van der Waals surface area contributed by atoms with Gasteiger partial charge in [-0.2, -0.15) is 0 Å². The number of nitrogens with zero attached hydrogens (tertiary/aromatic N) is 1. The normalized spacial score (nSPS) is 15.7. The van der Waals surface area contributed by atoms with Crippen LogP contribution in [-0.2, 0) is 4.79 Å². The predicted molar refractivity (Wildman–Crippen MR) is 102 cm³/mol. The number of alkyl halides is 1. The minimum atomic E-state index is -0.194. The van der Waals surface area contributed by atoms with E-state index in [1.54, 1.807) is 0 Å². The van der Waals surface area contributed by atoms with Crippen LogP contribution in [0.5, 0.6) is 0 Å². The first-order valence-corrected chi connectivity index (χ1v) is 9.86. The van der Waals surface area contributed by atoms with Crippen molar-refractivity contribution in [1.29, 1.82) is 0 Å². The first-order valence-electron chi connectivity index (χ1n) is 8.74. The van der Waals surface area contributed by atoms with Gasteiger partial charge in [-0.15, -0.1) is 0 Å². The minimum Gasteiger partial charge on any atom is -0.342 e. The fraction of sp³-hybridized carbons (Fsp3) is 0.381. The van der Waals surface area contributed by atoms with Crippen LogP contribution in [0.1, 0.15) is 36.3 Å². The maximum atomic E-state index is 13.3. The van der Waals surface area contributed by atoms with E-state index in [1.165, 1.54) is 6.42 Å². The summed E-state index contributed by atoms with van der Waals surface area (Å²) in [5.74, 6) is 0.796. The summed E-state index contributed by atoms with van der Waals surface area (Å²) >= 11 is 3.53. The second kappa shape index (κ2) is 8.48. The van der Waals surface area contributed by atoms with Crippen LogP contribution in [0.4, 0.5) is 0 Å². The van der Waals surface area contributed by atoms with Gasteiger partial charge in [0.05, 0.1) is 5.92 Å². The van der Waals surface area contributed by atoms with Gasteiger partial charge < -0.3 is 4.90 Å². The molecule has 2 aromatic carbocycles. The molecule has 2 nitrogen and oxygen atoms in total. The SMILES string of the molecule is O=C(C(c1ccccc1)c1ccccc1)N1CCC(CCBr)CC1. The first kappa shape index (κ1) is 17.2. The zero-order valence-electron chi connectivity index (χ0n) is 13.9. The van der Waals surface area contributed by atoms with Crippen LogP contribution >= 0.6 is 15.9 Å². The Kier molecular flexibility index (Phi) is 6.08. The molecule has 1 saturated heterocycles. The van der Waals surface area contributed by atoms with E-state index in [9.17, 15) is 4.79 Å². The van der Waals surface area contributed by atoms with Crippen LogP contribution in [-0.4, -0.2) is 29.2 Å². The Bertz CT molecular complexity index is 596. The van der Waals surface area contributed by atoms with Gasteiger partial charge in [-0.1, -0.05) is 76.6 Å². The molecule has 1 heterocycles. The third-order valence-corrected chi connectivity index (χ3v) is 5.41. The average molecular weight is 386 g/mol. The highest BCUT2D eigenvalue weighted by Crippen LogP contribution is 2.29. The summed E-state index contributed by atoms with van der Waals surface area (Å²) in [6.45, 7) is 1.76. The summed E-state index contributed by atoms with van der Waals surface area (Å²) in [5, 5.41) is 1.06. The third-order valence-electron chi connectivity index (χ3n) is 4.96. The first-order chi connectivity index (χ1) is 11.8. The lowest BCUT2D eigenvalue weighted by Crippen LogP contribution is -2.41. The highest BCUT2D eigenvalue weighted by molar-refractivity contribution is 9.09. The Morgan fingerprint density at radius 1 is 0.958 bits per heavy atom. The molecule has 1 aliphatic heterocycles. The van der Waals surface area contributed by atoms with Gasteiger partial charge in [0, 0.05) is 18.4 Å². The Morgan fingerprint density at radius 2 is 1.46 bits per heavy atom. The van der Waals surface area contributed by atoms with Gasteiger partial charge in [0.25, 0.3) is 0 Å². The molecule has 0 atom stereocenters. The summed E-state index contributed by atoms with van der Waals surface area (Å²) in [6.07, 6.45) is 3.45. The third kappa shape index (κ3) is 4.07. The maximum Gasteiger partial charge on any atom is 0.234 e. The molecule has 24 heavy (non-hydrogen) atoms. The van der Waals surface area contributed by atoms with Crippen molar-refractivity contribution < 1.29 is 4.79 Å². The smallest absolute Gasteiger partial charge is 0.234 e. The number of amides is 1. The Morgan fingerprint density at radius 3 is 1.92 bits per heavy atom. The second-order valence-electron chi connectivity index (χ2n) is 6.50. The van der Waals surface area contributed by atoms with Crippen molar-refractivity contribution in [3.05, 3.63) is 71.8 Å². The van der Waals surface area contributed by atoms with E-state index >= 15 is 0 Å². The van der Waals surface area contributed by atoms with Crippen molar-refractivity contribution in [3.63, 3.8) is 0 Å². The summed E-state index contributed by atoms with van der Waals surface area (Å²) in [6, 6.07) is 20.3. The molecular formula is C21H24BrNO. The molecule has 3 heteroatoms. The number of hydrogen-bond acceptors (Lipinski definition) is 1. The van der Waals surface area contributed by atoms with Crippen molar-refractivity contribution in [2.75, 3.05) is 18.4 Å². The summed E-state index contributed by atoms with van der Waals surface area (Å²) in [5.41, 5.74) is 2.16. The molecule has 0 bridgehead atoms. The minimum absolute atomic E-state index is 0.194. The molecule has 126 valence electrons. The summed E-state index contributed by atoms with van der Waals surface area (Å²) in [7, 11) is 0. The molecule has 0 radical (unpaired) electrons. The van der Waals surface area contributed by atoms with Crippen molar-refractivity contribution >= 4 is 21.8 Å². The van der Waals surface area contributed by atoms with Gasteiger partial charge >= 0.3 is 0 Å². The topological polar surface area (TPSA) is 20.3 Å². The van der Waals surface area contributed by atoms with E-state index in [4.69, 9.17) is 0 Å². The summed E-state index contributed by atoms with van der Waals surface area (Å²) < 4.78 is 0. The van der Waals surface area contributed by atoms with E-state index in [2.05, 4.69) is 45.1 Å². The Labute approximate surface area is 153 Å². The van der Waals surface area contributed by atoms with Crippen LogP contribution in [0.3, 0.4) is 0 Å². The molecule has 2 aromatic rings. The zero-order valence-corrected chi connectivity index (χ0v) is 15.5. The number of carbonyl (C=O) groups is 1. The lowest BCUT2D eigenvalue weighted by atomic mass is 9.88. The van der Waals surface area contributed by atoms with E-state index in [0.29, 0.717) is 0 Å². The molecule has 0 N–H and O–H groups in total. The monoisotopic (exact) mass is 385 g/mol. The van der Waals surface area contributed by atoms with Crippen LogP contribution in [0.25, 0.3) is 0 Å². The van der Waals surface area contributed by atoms with Crippen molar-refractivity contribution in [2.24, 2.45) is 5.92 Å². The number of likely N-dealkylation sites (tertiary alicyclic amines) is 1. The second-order valence-corrected chi connectivity index (χ2v) is 7.29. The number of hydrogen-bond donors (Lipinski definition) is 0. The van der Waals surface area contributed by atoms with Crippen molar-refractivity contribution in [3.8, 4) is 0 Å². The highest BCUT2D eigenvalue weighted by Gasteiger charge is 2.30. The maximum absolute atomic E-state index is 13.3. The standard InChI is InChI=1S/C21H24BrNO/c22-14-11-17-12-15-23(16-13-17)21(24)20(18-7-3-1-4-8-18)19-9-5-2-6-10-19/h1-10,17,20H,11-16H2. The van der Waals surface area contributed by atoms with E-state index in [0.717, 1.165) is 48.3 Å². The highest BCUT2D eigenvalue weighted by atomic mass is 79.9. The van der Waals surface area contributed by atoms with Crippen molar-refractivity contribution in [1.82, 2.24) is 4.90 Å². The molecule has 1 fully saturated rings. The van der Waals surface area contributed by atoms with Crippen LogP contribution in [0, 0.1) is 5.92 Å². The Hall–Kier alpha value is -1.61. The van der Waals surface area contributed by atoms with E-state index in [-0.39, 0.29) is 11.8 Å². The lowest BCUT2D eigenvalue weighted by Gasteiger charge is -2.34. The van der Waals surface area contributed by atoms with Crippen LogP contribution in [0.15, 0.2) is 60.7 Å². The fourth-order valence-electron chi connectivity index (χ4n) is 3.55. The van der Waals surface area contributed by atoms with Crippen LogP contribution < -0.4 is 0 Å². The molecule has 1 amide bonds. The molecule has 0 aliphatic carbocycles. The number of halogens is 1. The van der Waals surface area contributed by atoms with Gasteiger partial charge in [-0.3, -0.25) is 4.79 Å². The molecular weight excluding hydrogens is 362 g/mol. The molecule has 0 saturated carbocycles. The van der Waals surface area contributed by atoms with Gasteiger partial charge in [0.15, 0.2) is 0 Å². The van der Waals surface area contributed by atoms with E-state index in [1.807, 2.05) is 36.4 Å². The number of piperidine rings is 1. The largest absolute Gasteiger partial charge is 0.342 e. The zero-order chi connectivity index (χ0) is 16.8. The fourth-order valence-corrected chi connectivity index (χ4v) is 4.19. The van der Waals surface area contributed by atoms with Gasteiger partial charge in [-0.05, 0) is 36.3 Å². The quantitative estimate of drug-likeness (QED) is 0.674. The van der Waals surface area contributed by atoms with Crippen LogP contribution in [0.2, 0.25) is 0 Å². The lowest BCUT2D eigenvalue weighted by molar-refractivity contribution is -0.133. The van der Waals surface area contributed by atoms with E-state index < -0.39 is 0 Å². The number of carbonyl (C=O) groups excluding carboxylic acids is 1. The summed E-state index contributed by atoms with van der Waals surface area (Å²) in [4.78, 5) is 15.3. The molecule has 0 unspecified atom stereocenters. The van der Waals surface area contributed by atoms with Gasteiger partial charge in [-0.25, -0.2) is 0 Å². The van der Waals surface area contributed by atoms with Crippen molar-refractivity contribution in [2.45, 2.75) is 25.2 Å². The molecule has 1 aliphatic rings. The average Bonchev–Trinajstić information content (AvgIpc) is 2.64. The van der Waals surface area contributed by atoms with Gasteiger partial charge in [0.1, 0.15) is 0 Å². The number of rotatable bonds is 5. The Balaban J connectivity index is 1.80. The molecule has 3 rings (SSSR count). The predicted octanol–water partition coefficient (Wildman–Crippen LogP) is 4.84. The number of benzene rings is 2.